The van der Waals surface area contributed by atoms with Crippen molar-refractivity contribution in [3.05, 3.63) is 0 Å². The lowest BCUT2D eigenvalue weighted by molar-refractivity contribution is 0.125. The molecule has 0 spiro atoms. The Morgan fingerprint density at radius 3 is 2.33 bits per heavy atom. The van der Waals surface area contributed by atoms with E-state index in [1.807, 2.05) is 0 Å². The number of nitrogens with zero attached hydrogens (tertiary/aromatic N) is 2. The van der Waals surface area contributed by atoms with Crippen LogP contribution in [-0.2, 0) is 0 Å². The first kappa shape index (κ1) is 7.03. The van der Waals surface area contributed by atoms with E-state index in [0.29, 0.717) is 0 Å². The quantitative estimate of drug-likeness (QED) is 0.461. The number of rotatable bonds is 0. The largest absolute Gasteiger partial charge is 0.304 e. The van der Waals surface area contributed by atoms with Gasteiger partial charge < -0.3 is 9.80 Å². The molecule has 0 aromatic rings. The monoisotopic (exact) mass is 128 g/mol. The molecule has 1 atom stereocenters. The molecule has 0 unspecified atom stereocenters. The second-order valence-electron chi connectivity index (χ2n) is 3.09. The molecule has 1 fully saturated rings. The first-order valence-electron chi connectivity index (χ1n) is 3.59. The molecule has 1 rings (SSSR count). The average Bonchev–Trinajstić information content (AvgIpc) is 1.80. The molecular weight excluding hydrogens is 112 g/mol. The Morgan fingerprint density at radius 2 is 1.89 bits per heavy atom. The number of hydrogen-bond donors (Lipinski definition) is 0. The average molecular weight is 128 g/mol. The highest BCUT2D eigenvalue weighted by molar-refractivity contribution is 4.73. The van der Waals surface area contributed by atoms with E-state index in [1.54, 1.807) is 0 Å². The van der Waals surface area contributed by atoms with Crippen molar-refractivity contribution < 1.29 is 0 Å². The molecule has 2 nitrogen and oxygen atoms in total. The van der Waals surface area contributed by atoms with Crippen LogP contribution in [0.2, 0.25) is 0 Å². The van der Waals surface area contributed by atoms with E-state index in [1.165, 1.54) is 19.6 Å². The number of piperazine rings is 1. The van der Waals surface area contributed by atoms with Gasteiger partial charge in [0.2, 0.25) is 0 Å². The van der Waals surface area contributed by atoms with Crippen molar-refractivity contribution in [2.75, 3.05) is 33.7 Å². The lowest BCUT2D eigenvalue weighted by atomic mass is 10.2. The molecule has 0 aromatic carbocycles. The smallest absolute Gasteiger partial charge is 0.0192 e. The third-order valence-corrected chi connectivity index (χ3v) is 2.16. The van der Waals surface area contributed by atoms with E-state index in [0.717, 1.165) is 6.04 Å². The van der Waals surface area contributed by atoms with Crippen LogP contribution in [0.15, 0.2) is 0 Å². The molecule has 9 heavy (non-hydrogen) atoms. The van der Waals surface area contributed by atoms with E-state index >= 15 is 0 Å². The van der Waals surface area contributed by atoms with Crippen molar-refractivity contribution in [2.24, 2.45) is 0 Å². The summed E-state index contributed by atoms with van der Waals surface area (Å²) >= 11 is 0. The van der Waals surface area contributed by atoms with Crippen LogP contribution in [-0.4, -0.2) is 49.6 Å². The number of hydrogen-bond acceptors (Lipinski definition) is 2. The Hall–Kier alpha value is -0.0800. The summed E-state index contributed by atoms with van der Waals surface area (Å²) in [4.78, 5) is 4.78. The summed E-state index contributed by atoms with van der Waals surface area (Å²) in [5, 5.41) is 0. The van der Waals surface area contributed by atoms with Crippen molar-refractivity contribution in [1.82, 2.24) is 9.80 Å². The van der Waals surface area contributed by atoms with Crippen LogP contribution in [0.3, 0.4) is 0 Å². The fraction of sp³-hybridized carbons (Fsp3) is 1.00. The van der Waals surface area contributed by atoms with Gasteiger partial charge in [0, 0.05) is 25.7 Å². The van der Waals surface area contributed by atoms with E-state index in [2.05, 4.69) is 30.8 Å². The van der Waals surface area contributed by atoms with Crippen molar-refractivity contribution in [1.29, 1.82) is 0 Å². The van der Waals surface area contributed by atoms with Gasteiger partial charge in [0.1, 0.15) is 0 Å². The normalized spacial score (nSPS) is 33.0. The van der Waals surface area contributed by atoms with Gasteiger partial charge in [-0.05, 0) is 21.0 Å². The van der Waals surface area contributed by atoms with Crippen LogP contribution in [0.4, 0.5) is 0 Å². The Balaban J connectivity index is 2.35. The molecule has 0 saturated carbocycles. The molecule has 0 bridgehead atoms. The summed E-state index contributed by atoms with van der Waals surface area (Å²) in [7, 11) is 4.38. The van der Waals surface area contributed by atoms with Gasteiger partial charge in [-0.1, -0.05) is 0 Å². The zero-order valence-corrected chi connectivity index (χ0v) is 6.59. The van der Waals surface area contributed by atoms with Crippen LogP contribution < -0.4 is 0 Å². The van der Waals surface area contributed by atoms with Gasteiger partial charge >= 0.3 is 0 Å². The molecule has 1 aliphatic rings. The maximum atomic E-state index is 2.40. The second kappa shape index (κ2) is 2.67. The third-order valence-electron chi connectivity index (χ3n) is 2.16. The van der Waals surface area contributed by atoms with E-state index in [4.69, 9.17) is 0 Å². The first-order chi connectivity index (χ1) is 4.20. The zero-order valence-electron chi connectivity index (χ0n) is 6.59. The number of likely N-dealkylation sites (N-methyl/N-ethyl adjacent to an activating group) is 2. The Kier molecular flexibility index (Phi) is 2.09. The van der Waals surface area contributed by atoms with Crippen LogP contribution in [0.1, 0.15) is 6.92 Å². The topological polar surface area (TPSA) is 6.48 Å². The van der Waals surface area contributed by atoms with E-state index in [-0.39, 0.29) is 0 Å². The van der Waals surface area contributed by atoms with Crippen LogP contribution in [0.5, 0.6) is 0 Å². The van der Waals surface area contributed by atoms with Crippen LogP contribution >= 0.6 is 0 Å². The predicted molar refractivity (Wildman–Crippen MR) is 39.6 cm³/mol. The first-order valence-corrected chi connectivity index (χ1v) is 3.59. The van der Waals surface area contributed by atoms with Crippen molar-refractivity contribution in [3.8, 4) is 0 Å². The molecular formula is C7H16N2. The lowest BCUT2D eigenvalue weighted by Crippen LogP contribution is -2.48. The predicted octanol–water partition coefficient (Wildman–Crippen LogP) is 0.252. The van der Waals surface area contributed by atoms with Gasteiger partial charge in [-0.3, -0.25) is 0 Å². The maximum absolute atomic E-state index is 2.40. The highest BCUT2D eigenvalue weighted by Gasteiger charge is 2.16. The summed E-state index contributed by atoms with van der Waals surface area (Å²) in [5.74, 6) is 0. The Bertz CT molecular complexity index is 92.9. The Labute approximate surface area is 57.4 Å². The maximum Gasteiger partial charge on any atom is 0.0192 e. The summed E-state index contributed by atoms with van der Waals surface area (Å²) in [6.07, 6.45) is 0. The highest BCUT2D eigenvalue weighted by Crippen LogP contribution is 2.03. The van der Waals surface area contributed by atoms with E-state index < -0.39 is 0 Å². The highest BCUT2D eigenvalue weighted by atomic mass is 15.3. The molecule has 1 heterocycles. The van der Waals surface area contributed by atoms with Gasteiger partial charge in [-0.25, -0.2) is 0 Å². The zero-order chi connectivity index (χ0) is 6.85. The standard InChI is InChI=1S/C7H16N2/c1-7-6-8(2)4-5-9(7)3/h7H,4-6H2,1-3H3/t7-/m1/s1. The molecule has 1 aliphatic heterocycles. The van der Waals surface area contributed by atoms with Crippen molar-refractivity contribution in [2.45, 2.75) is 13.0 Å². The molecule has 2 heteroatoms. The van der Waals surface area contributed by atoms with Crippen LogP contribution in [0.25, 0.3) is 0 Å². The molecule has 1 saturated heterocycles. The lowest BCUT2D eigenvalue weighted by Gasteiger charge is -2.35. The van der Waals surface area contributed by atoms with Crippen molar-refractivity contribution in [3.63, 3.8) is 0 Å². The van der Waals surface area contributed by atoms with Gasteiger partial charge in [0.25, 0.3) is 0 Å². The van der Waals surface area contributed by atoms with Gasteiger partial charge in [0.15, 0.2) is 0 Å². The molecule has 0 radical (unpaired) electrons. The fourth-order valence-corrected chi connectivity index (χ4v) is 1.23. The third kappa shape index (κ3) is 1.66. The molecule has 54 valence electrons. The van der Waals surface area contributed by atoms with E-state index in [9.17, 15) is 0 Å². The minimum absolute atomic E-state index is 0.740. The minimum atomic E-state index is 0.740. The van der Waals surface area contributed by atoms with Gasteiger partial charge in [0.05, 0.1) is 0 Å². The van der Waals surface area contributed by atoms with Gasteiger partial charge in [-0.15, -0.1) is 0 Å². The van der Waals surface area contributed by atoms with Gasteiger partial charge in [-0.2, -0.15) is 0 Å². The fourth-order valence-electron chi connectivity index (χ4n) is 1.23. The minimum Gasteiger partial charge on any atom is -0.304 e. The summed E-state index contributed by atoms with van der Waals surface area (Å²) < 4.78 is 0. The van der Waals surface area contributed by atoms with Crippen molar-refractivity contribution >= 4 is 0 Å². The summed E-state index contributed by atoms with van der Waals surface area (Å²) in [5.41, 5.74) is 0. The summed E-state index contributed by atoms with van der Waals surface area (Å²) in [6.45, 7) is 5.94. The molecule has 0 aliphatic carbocycles. The summed E-state index contributed by atoms with van der Waals surface area (Å²) in [6, 6.07) is 0.740. The second-order valence-corrected chi connectivity index (χ2v) is 3.09. The molecule has 0 amide bonds. The van der Waals surface area contributed by atoms with Crippen LogP contribution in [0, 0.1) is 0 Å². The molecule has 0 aromatic heterocycles. The Morgan fingerprint density at radius 1 is 1.22 bits per heavy atom. The SMILES string of the molecule is C[C@@H]1CN(C)CCN1C. The molecule has 0 N–H and O–H groups in total.